The fraction of sp³-hybridized carbons (Fsp3) is 0.125. The fourth-order valence-electron chi connectivity index (χ4n) is 0.361. The minimum absolute atomic E-state index is 0.639. The summed E-state index contributed by atoms with van der Waals surface area (Å²) >= 11 is 0. The van der Waals surface area contributed by atoms with Gasteiger partial charge in [0.05, 0.1) is 6.26 Å². The van der Waals surface area contributed by atoms with Gasteiger partial charge >= 0.3 is 0 Å². The molecule has 0 bridgehead atoms. The van der Waals surface area contributed by atoms with Crippen LogP contribution >= 0.6 is 0 Å². The van der Waals surface area contributed by atoms with Crippen molar-refractivity contribution in [3.8, 4) is 0 Å². The van der Waals surface area contributed by atoms with E-state index in [0.29, 0.717) is 6.29 Å². The van der Waals surface area contributed by atoms with Gasteiger partial charge in [-0.2, -0.15) is 0 Å². The molecule has 0 saturated carbocycles. The molecule has 0 aromatic carbocycles. The normalized spacial score (nSPS) is 7.30. The van der Waals surface area contributed by atoms with E-state index in [9.17, 15) is 0 Å². The highest BCUT2D eigenvalue weighted by atomic mass is 16.3. The van der Waals surface area contributed by atoms with Gasteiger partial charge < -0.3 is 4.42 Å². The summed E-state index contributed by atoms with van der Waals surface area (Å²) < 4.78 is 4.83. The van der Waals surface area contributed by atoms with E-state index in [4.69, 9.17) is 9.21 Å². The van der Waals surface area contributed by atoms with Crippen molar-refractivity contribution in [1.29, 1.82) is 0 Å². The van der Waals surface area contributed by atoms with E-state index in [1.165, 1.54) is 6.08 Å². The molecule has 10 heavy (non-hydrogen) atoms. The minimum Gasteiger partial charge on any atom is -0.470 e. The maximum atomic E-state index is 9.06. The molecule has 2 nitrogen and oxygen atoms in total. The molecule has 1 aromatic rings. The van der Waals surface area contributed by atoms with Crippen molar-refractivity contribution in [3.05, 3.63) is 36.8 Å². The second-order valence-corrected chi connectivity index (χ2v) is 1.60. The van der Waals surface area contributed by atoms with Gasteiger partial charge in [0.2, 0.25) is 0 Å². The van der Waals surface area contributed by atoms with Gasteiger partial charge in [-0.05, 0) is 25.1 Å². The largest absolute Gasteiger partial charge is 0.470 e. The predicted molar refractivity (Wildman–Crippen MR) is 39.7 cm³/mol. The van der Waals surface area contributed by atoms with E-state index in [1.54, 1.807) is 6.26 Å². The smallest absolute Gasteiger partial charge is 0.142 e. The fourth-order valence-corrected chi connectivity index (χ4v) is 0.361. The van der Waals surface area contributed by atoms with Crippen LogP contribution in [0.15, 0.2) is 35.5 Å². The van der Waals surface area contributed by atoms with Gasteiger partial charge in [0, 0.05) is 0 Å². The SMILES string of the molecule is C=CC=O.Cc1ccco1. The number of carbonyl (C=O) groups excluding carboxylic acids is 1. The van der Waals surface area contributed by atoms with E-state index in [0.717, 1.165) is 5.76 Å². The number of aryl methyl sites for hydroxylation is 1. The second-order valence-electron chi connectivity index (χ2n) is 1.60. The van der Waals surface area contributed by atoms with E-state index >= 15 is 0 Å². The van der Waals surface area contributed by atoms with Gasteiger partial charge in [0.25, 0.3) is 0 Å². The number of aldehydes is 1. The molecule has 2 heteroatoms. The summed E-state index contributed by atoms with van der Waals surface area (Å²) in [6.45, 7) is 5.03. The summed E-state index contributed by atoms with van der Waals surface area (Å²) in [5, 5.41) is 0. The minimum atomic E-state index is 0.639. The lowest BCUT2D eigenvalue weighted by Crippen LogP contribution is -1.48. The van der Waals surface area contributed by atoms with Crippen LogP contribution < -0.4 is 0 Å². The maximum absolute atomic E-state index is 9.06. The number of furan rings is 1. The van der Waals surface area contributed by atoms with Crippen LogP contribution in [0.3, 0.4) is 0 Å². The van der Waals surface area contributed by atoms with Crippen molar-refractivity contribution in [3.63, 3.8) is 0 Å². The Morgan fingerprint density at radius 2 is 2.30 bits per heavy atom. The molecule has 0 fully saturated rings. The lowest BCUT2D eigenvalue weighted by molar-refractivity contribution is -0.104. The van der Waals surface area contributed by atoms with Crippen LogP contribution in [-0.4, -0.2) is 6.29 Å². The molecule has 0 N–H and O–H groups in total. The van der Waals surface area contributed by atoms with Crippen LogP contribution in [0.25, 0.3) is 0 Å². The quantitative estimate of drug-likeness (QED) is 0.438. The molecule has 0 saturated heterocycles. The topological polar surface area (TPSA) is 30.2 Å². The van der Waals surface area contributed by atoms with E-state index in [2.05, 4.69) is 6.58 Å². The van der Waals surface area contributed by atoms with Crippen LogP contribution in [0.1, 0.15) is 5.76 Å². The molecule has 0 atom stereocenters. The van der Waals surface area contributed by atoms with Crippen molar-refractivity contribution < 1.29 is 9.21 Å². The third-order valence-electron chi connectivity index (χ3n) is 0.760. The molecule has 1 rings (SSSR count). The van der Waals surface area contributed by atoms with Crippen molar-refractivity contribution >= 4 is 6.29 Å². The van der Waals surface area contributed by atoms with Crippen LogP contribution in [-0.2, 0) is 4.79 Å². The molecule has 0 aliphatic rings. The third-order valence-corrected chi connectivity index (χ3v) is 0.760. The van der Waals surface area contributed by atoms with Gasteiger partial charge in [0.15, 0.2) is 0 Å². The molecular weight excluding hydrogens is 128 g/mol. The molecule has 0 aliphatic heterocycles. The van der Waals surface area contributed by atoms with E-state index < -0.39 is 0 Å². The third kappa shape index (κ3) is 4.84. The van der Waals surface area contributed by atoms with Crippen molar-refractivity contribution in [2.24, 2.45) is 0 Å². The Kier molecular flexibility index (Phi) is 5.06. The first-order valence-electron chi connectivity index (χ1n) is 2.87. The number of hydrogen-bond acceptors (Lipinski definition) is 2. The highest BCUT2D eigenvalue weighted by Gasteiger charge is 1.75. The van der Waals surface area contributed by atoms with E-state index in [-0.39, 0.29) is 0 Å². The Balaban J connectivity index is 0.000000180. The highest BCUT2D eigenvalue weighted by molar-refractivity contribution is 5.63. The monoisotopic (exact) mass is 138 g/mol. The standard InChI is InChI=1S/C5H6O.C3H4O/c1-5-3-2-4-6-5;1-2-3-4/h2-4H,1H3;2-3H,1H2. The van der Waals surface area contributed by atoms with Crippen LogP contribution in [0, 0.1) is 6.92 Å². The van der Waals surface area contributed by atoms with Gasteiger partial charge in [-0.15, -0.1) is 0 Å². The average Bonchev–Trinajstić information content (AvgIpc) is 2.40. The molecule has 0 spiro atoms. The van der Waals surface area contributed by atoms with Crippen molar-refractivity contribution in [2.45, 2.75) is 6.92 Å². The van der Waals surface area contributed by atoms with Crippen LogP contribution in [0.5, 0.6) is 0 Å². The lowest BCUT2D eigenvalue weighted by Gasteiger charge is -1.69. The van der Waals surface area contributed by atoms with Crippen molar-refractivity contribution in [2.75, 3.05) is 0 Å². The predicted octanol–water partition coefficient (Wildman–Crippen LogP) is 1.96. The first kappa shape index (κ1) is 8.69. The Labute approximate surface area is 60.2 Å². The van der Waals surface area contributed by atoms with Gasteiger partial charge in [-0.1, -0.05) is 6.58 Å². The molecule has 0 radical (unpaired) electrons. The summed E-state index contributed by atoms with van der Waals surface area (Å²) in [7, 11) is 0. The summed E-state index contributed by atoms with van der Waals surface area (Å²) in [5.41, 5.74) is 0. The van der Waals surface area contributed by atoms with Gasteiger partial charge in [0.1, 0.15) is 12.0 Å². The highest BCUT2D eigenvalue weighted by Crippen LogP contribution is 1.93. The number of allylic oxidation sites excluding steroid dienone is 1. The molecule has 0 amide bonds. The molecular formula is C8H10O2. The average molecular weight is 138 g/mol. The Hall–Kier alpha value is -1.31. The Morgan fingerprint density at radius 1 is 1.70 bits per heavy atom. The van der Waals surface area contributed by atoms with Crippen LogP contribution in [0.4, 0.5) is 0 Å². The summed E-state index contributed by atoms with van der Waals surface area (Å²) in [4.78, 5) is 9.06. The molecule has 1 aromatic heterocycles. The zero-order valence-corrected chi connectivity index (χ0v) is 5.91. The maximum Gasteiger partial charge on any atom is 0.142 e. The van der Waals surface area contributed by atoms with Gasteiger partial charge in [-0.3, -0.25) is 4.79 Å². The molecule has 0 unspecified atom stereocenters. The summed E-state index contributed by atoms with van der Waals surface area (Å²) in [6, 6.07) is 3.79. The first-order valence-corrected chi connectivity index (χ1v) is 2.87. The number of carbonyl (C=O) groups is 1. The number of rotatable bonds is 1. The zero-order chi connectivity index (χ0) is 7.82. The zero-order valence-electron chi connectivity index (χ0n) is 5.91. The van der Waals surface area contributed by atoms with Crippen LogP contribution in [0.2, 0.25) is 0 Å². The summed E-state index contributed by atoms with van der Waals surface area (Å²) in [6.07, 6.45) is 3.50. The lowest BCUT2D eigenvalue weighted by atomic mass is 10.5. The summed E-state index contributed by atoms with van der Waals surface area (Å²) in [5.74, 6) is 0.968. The van der Waals surface area contributed by atoms with E-state index in [1.807, 2.05) is 19.1 Å². The Bertz CT molecular complexity index is 169. The van der Waals surface area contributed by atoms with Crippen molar-refractivity contribution in [1.82, 2.24) is 0 Å². The Morgan fingerprint density at radius 3 is 2.40 bits per heavy atom. The molecule has 54 valence electrons. The molecule has 1 heterocycles. The molecule has 0 aliphatic carbocycles. The van der Waals surface area contributed by atoms with Gasteiger partial charge in [-0.25, -0.2) is 0 Å². The second kappa shape index (κ2) is 5.82. The first-order chi connectivity index (χ1) is 4.81. The number of hydrogen-bond donors (Lipinski definition) is 0.